The fourth-order valence-corrected chi connectivity index (χ4v) is 2.30. The molecule has 0 spiro atoms. The molecule has 0 aliphatic carbocycles. The van der Waals surface area contributed by atoms with Gasteiger partial charge in [-0.05, 0) is 6.92 Å². The largest absolute Gasteiger partial charge is 0.390 e. The van der Waals surface area contributed by atoms with Crippen molar-refractivity contribution < 1.29 is 14.9 Å². The average molecular weight is 265 g/mol. The summed E-state index contributed by atoms with van der Waals surface area (Å²) in [4.78, 5) is 12.2. The Bertz CT molecular complexity index is 589. The lowest BCUT2D eigenvalue weighted by Gasteiger charge is -2.35. The van der Waals surface area contributed by atoms with Crippen LogP contribution < -0.4 is 5.73 Å². The second kappa shape index (κ2) is 4.41. The zero-order valence-electron chi connectivity index (χ0n) is 10.3. The quantitative estimate of drug-likeness (QED) is 0.632. The summed E-state index contributed by atoms with van der Waals surface area (Å²) < 4.78 is 7.37. The molecule has 3 rings (SSSR count). The van der Waals surface area contributed by atoms with Crippen LogP contribution in [0, 0.1) is 0 Å². The van der Waals surface area contributed by atoms with Crippen LogP contribution in [0.3, 0.4) is 0 Å². The van der Waals surface area contributed by atoms with E-state index < -0.39 is 24.5 Å². The molecule has 4 atom stereocenters. The van der Waals surface area contributed by atoms with Gasteiger partial charge in [0, 0.05) is 6.42 Å². The minimum atomic E-state index is -0.884. The monoisotopic (exact) mass is 265 g/mol. The number of aromatic nitrogens is 4. The molecule has 0 radical (unpaired) electrons. The molecule has 8 heteroatoms. The van der Waals surface area contributed by atoms with Gasteiger partial charge >= 0.3 is 0 Å². The van der Waals surface area contributed by atoms with Crippen molar-refractivity contribution in [2.75, 3.05) is 5.73 Å². The van der Waals surface area contributed by atoms with Gasteiger partial charge in [0.05, 0.1) is 18.5 Å². The molecule has 0 saturated carbocycles. The molecule has 19 heavy (non-hydrogen) atoms. The molecular formula is C11H15N5O3. The number of aliphatic hydroxyl groups excluding tert-OH is 2. The highest BCUT2D eigenvalue weighted by Crippen LogP contribution is 2.30. The van der Waals surface area contributed by atoms with Crippen LogP contribution in [-0.2, 0) is 4.74 Å². The van der Waals surface area contributed by atoms with Gasteiger partial charge in [0.2, 0.25) is 0 Å². The van der Waals surface area contributed by atoms with Crippen molar-refractivity contribution in [3.05, 3.63) is 12.7 Å². The lowest BCUT2D eigenvalue weighted by atomic mass is 10.0. The van der Waals surface area contributed by atoms with Gasteiger partial charge in [-0.25, -0.2) is 15.0 Å². The van der Waals surface area contributed by atoms with E-state index in [2.05, 4.69) is 15.0 Å². The molecule has 1 fully saturated rings. The van der Waals surface area contributed by atoms with Crippen LogP contribution in [0.4, 0.5) is 5.82 Å². The highest BCUT2D eigenvalue weighted by molar-refractivity contribution is 5.81. The Kier molecular flexibility index (Phi) is 2.85. The van der Waals surface area contributed by atoms with Crippen LogP contribution >= 0.6 is 0 Å². The SMILES string of the molecule is CC1OC(n2cnc3c(N)ncnc32)CC(O)C1O. The zero-order valence-corrected chi connectivity index (χ0v) is 10.3. The predicted octanol–water partition coefficient (Wildman–Crippen LogP) is -0.562. The number of hydrogen-bond donors (Lipinski definition) is 3. The van der Waals surface area contributed by atoms with Crippen LogP contribution in [0.2, 0.25) is 0 Å². The van der Waals surface area contributed by atoms with E-state index in [0.29, 0.717) is 17.0 Å². The number of anilines is 1. The average Bonchev–Trinajstić information content (AvgIpc) is 2.80. The van der Waals surface area contributed by atoms with Crippen LogP contribution in [0.25, 0.3) is 11.2 Å². The first-order chi connectivity index (χ1) is 9.08. The molecule has 3 heterocycles. The molecular weight excluding hydrogens is 250 g/mol. The summed E-state index contributed by atoms with van der Waals surface area (Å²) >= 11 is 0. The van der Waals surface area contributed by atoms with Gasteiger partial charge < -0.3 is 20.7 Å². The molecule has 4 N–H and O–H groups in total. The van der Waals surface area contributed by atoms with E-state index in [9.17, 15) is 10.2 Å². The third kappa shape index (κ3) is 1.93. The predicted molar refractivity (Wildman–Crippen MR) is 66.0 cm³/mol. The zero-order chi connectivity index (χ0) is 13.6. The standard InChI is InChI=1S/C11H15N5O3/c1-5-9(18)6(17)2-7(19-5)16-4-15-8-10(12)13-3-14-11(8)16/h3-7,9,17-18H,2H2,1H3,(H2,12,13,14). The van der Waals surface area contributed by atoms with E-state index in [1.165, 1.54) is 6.33 Å². The van der Waals surface area contributed by atoms with Crippen molar-refractivity contribution in [2.24, 2.45) is 0 Å². The van der Waals surface area contributed by atoms with Gasteiger partial charge in [0.25, 0.3) is 0 Å². The number of nitrogens with two attached hydrogens (primary N) is 1. The molecule has 2 aromatic rings. The van der Waals surface area contributed by atoms with Gasteiger partial charge in [-0.1, -0.05) is 0 Å². The number of aliphatic hydroxyl groups is 2. The van der Waals surface area contributed by atoms with Crippen LogP contribution in [-0.4, -0.2) is 48.0 Å². The molecule has 1 aliphatic heterocycles. The maximum absolute atomic E-state index is 9.82. The van der Waals surface area contributed by atoms with E-state index in [1.807, 2.05) is 0 Å². The summed E-state index contributed by atoms with van der Waals surface area (Å²) in [6.07, 6.45) is 0.542. The number of ether oxygens (including phenoxy) is 1. The van der Waals surface area contributed by atoms with Crippen molar-refractivity contribution >= 4 is 17.0 Å². The molecule has 0 aromatic carbocycles. The third-order valence-electron chi connectivity index (χ3n) is 3.39. The molecule has 102 valence electrons. The van der Waals surface area contributed by atoms with Crippen molar-refractivity contribution in [1.29, 1.82) is 0 Å². The first kappa shape index (κ1) is 12.3. The van der Waals surface area contributed by atoms with E-state index in [0.717, 1.165) is 0 Å². The van der Waals surface area contributed by atoms with Crippen LogP contribution in [0.1, 0.15) is 19.6 Å². The summed E-state index contributed by atoms with van der Waals surface area (Å²) in [5.74, 6) is 0.299. The first-order valence-corrected chi connectivity index (χ1v) is 6.02. The number of rotatable bonds is 1. The second-order valence-electron chi connectivity index (χ2n) is 4.67. The van der Waals surface area contributed by atoms with Gasteiger partial charge in [0.15, 0.2) is 11.5 Å². The highest BCUT2D eigenvalue weighted by atomic mass is 16.5. The summed E-state index contributed by atoms with van der Waals surface area (Å²) in [7, 11) is 0. The van der Waals surface area contributed by atoms with E-state index in [1.54, 1.807) is 17.8 Å². The number of nitrogen functional groups attached to an aromatic ring is 1. The topological polar surface area (TPSA) is 119 Å². The summed E-state index contributed by atoms with van der Waals surface area (Å²) in [5, 5.41) is 19.5. The van der Waals surface area contributed by atoms with Gasteiger partial charge in [-0.3, -0.25) is 4.57 Å². The van der Waals surface area contributed by atoms with Gasteiger partial charge in [-0.2, -0.15) is 0 Å². The minimum Gasteiger partial charge on any atom is -0.390 e. The van der Waals surface area contributed by atoms with E-state index >= 15 is 0 Å². The Morgan fingerprint density at radius 2 is 2.16 bits per heavy atom. The maximum Gasteiger partial charge on any atom is 0.167 e. The first-order valence-electron chi connectivity index (χ1n) is 6.02. The Morgan fingerprint density at radius 3 is 2.89 bits per heavy atom. The Balaban J connectivity index is 1.99. The molecule has 4 unspecified atom stereocenters. The Labute approximate surface area is 108 Å². The van der Waals surface area contributed by atoms with Crippen molar-refractivity contribution in [2.45, 2.75) is 37.9 Å². The summed E-state index contributed by atoms with van der Waals surface area (Å²) in [5.41, 5.74) is 6.77. The van der Waals surface area contributed by atoms with E-state index in [4.69, 9.17) is 10.5 Å². The lowest BCUT2D eigenvalue weighted by molar-refractivity contribution is -0.183. The van der Waals surface area contributed by atoms with Crippen molar-refractivity contribution in [3.63, 3.8) is 0 Å². The summed E-state index contributed by atoms with van der Waals surface area (Å²) in [6, 6.07) is 0. The fraction of sp³-hybridized carbons (Fsp3) is 0.545. The molecule has 8 nitrogen and oxygen atoms in total. The Morgan fingerprint density at radius 1 is 1.37 bits per heavy atom. The van der Waals surface area contributed by atoms with Crippen LogP contribution in [0.15, 0.2) is 12.7 Å². The smallest absolute Gasteiger partial charge is 0.167 e. The molecule has 2 aromatic heterocycles. The number of imidazole rings is 1. The lowest BCUT2D eigenvalue weighted by Crippen LogP contribution is -2.45. The van der Waals surface area contributed by atoms with Crippen molar-refractivity contribution in [1.82, 2.24) is 19.5 Å². The maximum atomic E-state index is 9.82. The third-order valence-corrected chi connectivity index (χ3v) is 3.39. The number of hydrogen-bond acceptors (Lipinski definition) is 7. The Hall–Kier alpha value is -1.77. The second-order valence-corrected chi connectivity index (χ2v) is 4.67. The van der Waals surface area contributed by atoms with Gasteiger partial charge in [-0.15, -0.1) is 0 Å². The fourth-order valence-electron chi connectivity index (χ4n) is 2.30. The minimum absolute atomic E-state index is 0.265. The van der Waals surface area contributed by atoms with Gasteiger partial charge in [0.1, 0.15) is 24.2 Å². The molecule has 1 aliphatic rings. The molecule has 0 amide bonds. The summed E-state index contributed by atoms with van der Waals surface area (Å²) in [6.45, 7) is 1.71. The van der Waals surface area contributed by atoms with Crippen molar-refractivity contribution in [3.8, 4) is 0 Å². The number of nitrogens with zero attached hydrogens (tertiary/aromatic N) is 4. The number of fused-ring (bicyclic) bond motifs is 1. The normalized spacial score (nSPS) is 31.7. The molecule has 0 bridgehead atoms. The van der Waals surface area contributed by atoms with Crippen LogP contribution in [0.5, 0.6) is 0 Å². The van der Waals surface area contributed by atoms with E-state index in [-0.39, 0.29) is 6.42 Å². The molecule has 1 saturated heterocycles. The highest BCUT2D eigenvalue weighted by Gasteiger charge is 2.35.